The van der Waals surface area contributed by atoms with E-state index in [4.69, 9.17) is 4.74 Å². The predicted octanol–water partition coefficient (Wildman–Crippen LogP) is 2.62. The van der Waals surface area contributed by atoms with E-state index in [1.807, 2.05) is 13.1 Å². The molecule has 2 heterocycles. The van der Waals surface area contributed by atoms with Gasteiger partial charge in [-0.15, -0.1) is 0 Å². The minimum absolute atomic E-state index is 0.228. The molecule has 1 aromatic heterocycles. The molecule has 17 heavy (non-hydrogen) atoms. The molecular formula is C14H20N2O. The summed E-state index contributed by atoms with van der Waals surface area (Å²) in [6.45, 7) is 7.51. The van der Waals surface area contributed by atoms with Gasteiger partial charge in [-0.05, 0) is 25.5 Å². The van der Waals surface area contributed by atoms with Crippen LogP contribution in [0.4, 0.5) is 5.69 Å². The lowest BCUT2D eigenvalue weighted by atomic mass is 9.57. The van der Waals surface area contributed by atoms with Crippen LogP contribution < -0.4 is 5.32 Å². The van der Waals surface area contributed by atoms with Crippen LogP contribution in [0.3, 0.4) is 0 Å². The van der Waals surface area contributed by atoms with Gasteiger partial charge in [0.2, 0.25) is 0 Å². The quantitative estimate of drug-likeness (QED) is 0.851. The number of ether oxygens (including phenoxy) is 1. The van der Waals surface area contributed by atoms with Crippen molar-refractivity contribution in [1.29, 1.82) is 0 Å². The fourth-order valence-electron chi connectivity index (χ4n) is 3.35. The van der Waals surface area contributed by atoms with Gasteiger partial charge in [0.15, 0.2) is 0 Å². The SMILES string of the molecule is Cc1ccc(NC2C3CCOC3C2(C)C)cn1. The molecule has 0 aromatic carbocycles. The van der Waals surface area contributed by atoms with E-state index in [1.165, 1.54) is 6.42 Å². The molecule has 1 saturated heterocycles. The van der Waals surface area contributed by atoms with Crippen molar-refractivity contribution in [2.24, 2.45) is 11.3 Å². The van der Waals surface area contributed by atoms with Crippen LogP contribution in [-0.4, -0.2) is 23.7 Å². The molecule has 1 N–H and O–H groups in total. The van der Waals surface area contributed by atoms with Gasteiger partial charge in [0, 0.05) is 29.7 Å². The van der Waals surface area contributed by atoms with E-state index < -0.39 is 0 Å². The minimum Gasteiger partial charge on any atom is -0.380 e. The van der Waals surface area contributed by atoms with E-state index in [2.05, 4.69) is 36.3 Å². The second kappa shape index (κ2) is 3.70. The first-order valence-corrected chi connectivity index (χ1v) is 6.40. The maximum atomic E-state index is 5.80. The molecule has 1 saturated carbocycles. The standard InChI is InChI=1S/C14H20N2O/c1-9-4-5-10(8-15-9)16-12-11-6-7-17-13(11)14(12,2)3/h4-5,8,11-13,16H,6-7H2,1-3H3. The number of hydrogen-bond donors (Lipinski definition) is 1. The maximum absolute atomic E-state index is 5.80. The van der Waals surface area contributed by atoms with Crippen LogP contribution in [0.25, 0.3) is 0 Å². The van der Waals surface area contributed by atoms with Gasteiger partial charge < -0.3 is 10.1 Å². The molecule has 2 fully saturated rings. The smallest absolute Gasteiger partial charge is 0.0694 e. The molecule has 3 unspecified atom stereocenters. The summed E-state index contributed by atoms with van der Waals surface area (Å²) >= 11 is 0. The van der Waals surface area contributed by atoms with Crippen molar-refractivity contribution in [1.82, 2.24) is 4.98 Å². The van der Waals surface area contributed by atoms with Crippen molar-refractivity contribution in [2.75, 3.05) is 11.9 Å². The van der Waals surface area contributed by atoms with Crippen molar-refractivity contribution in [2.45, 2.75) is 39.3 Å². The van der Waals surface area contributed by atoms with Crippen molar-refractivity contribution >= 4 is 5.69 Å². The molecule has 3 rings (SSSR count). The maximum Gasteiger partial charge on any atom is 0.0694 e. The van der Waals surface area contributed by atoms with Crippen LogP contribution in [0.2, 0.25) is 0 Å². The van der Waals surface area contributed by atoms with Crippen LogP contribution in [0.15, 0.2) is 18.3 Å². The Morgan fingerprint density at radius 3 is 2.94 bits per heavy atom. The Hall–Kier alpha value is -1.09. The average Bonchev–Trinajstić information content (AvgIpc) is 2.75. The summed E-state index contributed by atoms with van der Waals surface area (Å²) in [5.74, 6) is 0.673. The van der Waals surface area contributed by atoms with Crippen molar-refractivity contribution in [3.63, 3.8) is 0 Å². The van der Waals surface area contributed by atoms with Crippen LogP contribution in [0, 0.1) is 18.3 Å². The molecule has 0 radical (unpaired) electrons. The van der Waals surface area contributed by atoms with Crippen molar-refractivity contribution in [3.8, 4) is 0 Å². The normalized spacial score (nSPS) is 33.9. The van der Waals surface area contributed by atoms with Gasteiger partial charge in [-0.25, -0.2) is 0 Å². The van der Waals surface area contributed by atoms with Gasteiger partial charge in [-0.2, -0.15) is 0 Å². The average molecular weight is 232 g/mol. The number of nitrogens with zero attached hydrogens (tertiary/aromatic N) is 1. The molecule has 1 aromatic rings. The zero-order chi connectivity index (χ0) is 12.0. The molecule has 0 amide bonds. The van der Waals surface area contributed by atoms with Crippen LogP contribution in [-0.2, 0) is 4.74 Å². The Kier molecular flexibility index (Phi) is 2.40. The third kappa shape index (κ3) is 1.64. The van der Waals surface area contributed by atoms with Gasteiger partial charge in [0.25, 0.3) is 0 Å². The van der Waals surface area contributed by atoms with E-state index >= 15 is 0 Å². The first-order valence-electron chi connectivity index (χ1n) is 6.40. The summed E-state index contributed by atoms with van der Waals surface area (Å²) in [7, 11) is 0. The number of anilines is 1. The van der Waals surface area contributed by atoms with E-state index in [9.17, 15) is 0 Å². The summed E-state index contributed by atoms with van der Waals surface area (Å²) in [4.78, 5) is 4.33. The second-order valence-corrected chi connectivity index (χ2v) is 5.88. The molecule has 3 heteroatoms. The van der Waals surface area contributed by atoms with Gasteiger partial charge in [-0.1, -0.05) is 13.8 Å². The summed E-state index contributed by atoms with van der Waals surface area (Å²) < 4.78 is 5.80. The van der Waals surface area contributed by atoms with Crippen LogP contribution >= 0.6 is 0 Å². The van der Waals surface area contributed by atoms with Gasteiger partial charge >= 0.3 is 0 Å². The Morgan fingerprint density at radius 1 is 1.41 bits per heavy atom. The minimum atomic E-state index is 0.228. The summed E-state index contributed by atoms with van der Waals surface area (Å²) in [5.41, 5.74) is 2.41. The lowest BCUT2D eigenvalue weighted by molar-refractivity contribution is -0.0923. The number of hydrogen-bond acceptors (Lipinski definition) is 3. The first kappa shape index (κ1) is 11.0. The lowest BCUT2D eigenvalue weighted by Gasteiger charge is -2.55. The number of nitrogens with one attached hydrogen (secondary N) is 1. The highest BCUT2D eigenvalue weighted by Gasteiger charge is 2.59. The Balaban J connectivity index is 1.75. The Morgan fingerprint density at radius 2 is 2.24 bits per heavy atom. The van der Waals surface area contributed by atoms with E-state index in [-0.39, 0.29) is 5.41 Å². The zero-order valence-corrected chi connectivity index (χ0v) is 10.7. The fourth-order valence-corrected chi connectivity index (χ4v) is 3.35. The predicted molar refractivity (Wildman–Crippen MR) is 68.0 cm³/mol. The van der Waals surface area contributed by atoms with E-state index in [0.717, 1.165) is 18.0 Å². The third-order valence-electron chi connectivity index (χ3n) is 4.33. The summed E-state index contributed by atoms with van der Waals surface area (Å²) in [6, 6.07) is 4.68. The zero-order valence-electron chi connectivity index (χ0n) is 10.7. The number of pyridine rings is 1. The fraction of sp³-hybridized carbons (Fsp3) is 0.643. The van der Waals surface area contributed by atoms with Gasteiger partial charge in [-0.3, -0.25) is 4.98 Å². The second-order valence-electron chi connectivity index (χ2n) is 5.88. The number of aryl methyl sites for hydroxylation is 1. The van der Waals surface area contributed by atoms with Gasteiger partial charge in [0.1, 0.15) is 0 Å². The molecule has 2 aliphatic rings. The molecule has 92 valence electrons. The monoisotopic (exact) mass is 232 g/mol. The van der Waals surface area contributed by atoms with Crippen molar-refractivity contribution < 1.29 is 4.74 Å². The molecule has 0 bridgehead atoms. The number of rotatable bonds is 2. The topological polar surface area (TPSA) is 34.1 Å². The molecule has 3 nitrogen and oxygen atoms in total. The first-order chi connectivity index (χ1) is 8.09. The van der Waals surface area contributed by atoms with E-state index in [1.54, 1.807) is 0 Å². The Labute approximate surface area is 103 Å². The number of aromatic nitrogens is 1. The van der Waals surface area contributed by atoms with Crippen LogP contribution in [0.5, 0.6) is 0 Å². The largest absolute Gasteiger partial charge is 0.380 e. The highest BCUT2D eigenvalue weighted by atomic mass is 16.5. The highest BCUT2D eigenvalue weighted by molar-refractivity contribution is 5.44. The van der Waals surface area contributed by atoms with Gasteiger partial charge in [0.05, 0.1) is 18.0 Å². The molecular weight excluding hydrogens is 212 g/mol. The molecule has 0 spiro atoms. The third-order valence-corrected chi connectivity index (χ3v) is 4.33. The Bertz CT molecular complexity index is 413. The lowest BCUT2D eigenvalue weighted by Crippen LogP contribution is -2.63. The summed E-state index contributed by atoms with van der Waals surface area (Å²) in [5, 5.41) is 3.62. The van der Waals surface area contributed by atoms with E-state index in [0.29, 0.717) is 18.1 Å². The van der Waals surface area contributed by atoms with Crippen molar-refractivity contribution in [3.05, 3.63) is 24.0 Å². The van der Waals surface area contributed by atoms with Crippen LogP contribution in [0.1, 0.15) is 26.0 Å². The highest BCUT2D eigenvalue weighted by Crippen LogP contribution is 2.53. The molecule has 1 aliphatic heterocycles. The molecule has 3 atom stereocenters. The molecule has 1 aliphatic carbocycles. The number of fused-ring (bicyclic) bond motifs is 1. The summed E-state index contributed by atoms with van der Waals surface area (Å²) in [6.07, 6.45) is 3.55.